The van der Waals surface area contributed by atoms with Crippen LogP contribution in [-0.2, 0) is 17.9 Å². The molecule has 4 rings (SSSR count). The fourth-order valence-corrected chi connectivity index (χ4v) is 2.86. The number of halogens is 3. The van der Waals surface area contributed by atoms with Crippen LogP contribution in [0, 0.1) is 10.1 Å². The summed E-state index contributed by atoms with van der Waals surface area (Å²) < 4.78 is 53.2. The summed E-state index contributed by atoms with van der Waals surface area (Å²) in [4.78, 5) is 22.4. The second kappa shape index (κ2) is 8.18. The lowest BCUT2D eigenvalue weighted by molar-refractivity contribution is -0.389. The van der Waals surface area contributed by atoms with Crippen LogP contribution in [0.2, 0.25) is 0 Å². The zero-order chi connectivity index (χ0) is 22.0. The second-order valence-corrected chi connectivity index (χ2v) is 6.52. The maximum absolute atomic E-state index is 12.2. The number of imidazole rings is 1. The Kier molecular flexibility index (Phi) is 5.42. The van der Waals surface area contributed by atoms with Gasteiger partial charge in [0, 0.05) is 28.5 Å². The average molecular weight is 437 g/mol. The first kappa shape index (κ1) is 20.5. The third-order valence-corrected chi connectivity index (χ3v) is 4.25. The molecule has 0 fully saturated rings. The summed E-state index contributed by atoms with van der Waals surface area (Å²) >= 11 is 0. The molecule has 0 saturated heterocycles. The fourth-order valence-electron chi connectivity index (χ4n) is 2.86. The molecule has 2 aromatic heterocycles. The maximum atomic E-state index is 12.2. The summed E-state index contributed by atoms with van der Waals surface area (Å²) in [5, 5.41) is 10.8. The molecule has 3 aromatic rings. The van der Waals surface area contributed by atoms with Crippen LogP contribution in [0.15, 0.2) is 42.9 Å². The van der Waals surface area contributed by atoms with Crippen LogP contribution >= 0.6 is 0 Å². The first-order chi connectivity index (χ1) is 14.8. The van der Waals surface area contributed by atoms with Crippen molar-refractivity contribution in [2.75, 3.05) is 6.61 Å². The zero-order valence-corrected chi connectivity index (χ0v) is 15.7. The van der Waals surface area contributed by atoms with E-state index < -0.39 is 11.3 Å². The van der Waals surface area contributed by atoms with Crippen molar-refractivity contribution in [2.24, 2.45) is 0 Å². The van der Waals surface area contributed by atoms with E-state index in [1.54, 1.807) is 12.4 Å². The summed E-state index contributed by atoms with van der Waals surface area (Å²) in [6, 6.07) is 5.38. The lowest BCUT2D eigenvalue weighted by Gasteiger charge is -2.22. The van der Waals surface area contributed by atoms with Crippen LogP contribution in [0.5, 0.6) is 11.8 Å². The highest BCUT2D eigenvalue weighted by Gasteiger charge is 2.31. The summed E-state index contributed by atoms with van der Waals surface area (Å²) in [5.74, 6) is -0.293. The van der Waals surface area contributed by atoms with E-state index in [1.807, 2.05) is 0 Å². The number of ether oxygens (including phenoxy) is 3. The van der Waals surface area contributed by atoms with Gasteiger partial charge in [-0.3, -0.25) is 4.57 Å². The first-order valence-corrected chi connectivity index (χ1v) is 8.90. The van der Waals surface area contributed by atoms with Gasteiger partial charge in [-0.25, -0.2) is 9.97 Å². The predicted octanol–water partition coefficient (Wildman–Crippen LogP) is 3.12. The van der Waals surface area contributed by atoms with E-state index >= 15 is 0 Å². The molecule has 0 spiro atoms. The van der Waals surface area contributed by atoms with Crippen molar-refractivity contribution in [3.05, 3.63) is 58.5 Å². The number of rotatable bonds is 6. The summed E-state index contributed by atoms with van der Waals surface area (Å²) in [6.45, 7) is 0.722. The van der Waals surface area contributed by atoms with Gasteiger partial charge in [-0.05, 0) is 29.2 Å². The van der Waals surface area contributed by atoms with Crippen molar-refractivity contribution < 1.29 is 32.3 Å². The topological polar surface area (TPSA) is 114 Å². The number of benzene rings is 1. The summed E-state index contributed by atoms with van der Waals surface area (Å²) in [7, 11) is 0. The molecular weight excluding hydrogens is 423 g/mol. The van der Waals surface area contributed by atoms with Gasteiger partial charge in [-0.2, -0.15) is 0 Å². The smallest absolute Gasteiger partial charge is 0.443 e. The van der Waals surface area contributed by atoms with Crippen LogP contribution < -0.4 is 9.47 Å². The van der Waals surface area contributed by atoms with Gasteiger partial charge in [0.15, 0.2) is 5.82 Å². The van der Waals surface area contributed by atoms with Crippen LogP contribution in [0.25, 0.3) is 11.4 Å². The third-order valence-electron chi connectivity index (χ3n) is 4.25. The Balaban J connectivity index is 1.33. The van der Waals surface area contributed by atoms with Crippen LogP contribution in [0.4, 0.5) is 19.0 Å². The molecule has 162 valence electrons. The van der Waals surface area contributed by atoms with Crippen molar-refractivity contribution in [1.82, 2.24) is 19.5 Å². The molecule has 0 saturated carbocycles. The van der Waals surface area contributed by atoms with E-state index in [1.165, 1.54) is 35.0 Å². The molecular formula is C18H14F3N5O5. The van der Waals surface area contributed by atoms with Gasteiger partial charge < -0.3 is 24.3 Å². The number of alkyl halides is 3. The molecule has 31 heavy (non-hydrogen) atoms. The monoisotopic (exact) mass is 437 g/mol. The highest BCUT2D eigenvalue weighted by atomic mass is 19.4. The molecule has 0 N–H and O–H groups in total. The Hall–Kier alpha value is -3.74. The average Bonchev–Trinajstić information content (AvgIpc) is 3.16. The lowest BCUT2D eigenvalue weighted by atomic mass is 10.2. The van der Waals surface area contributed by atoms with Crippen LogP contribution in [0.1, 0.15) is 5.56 Å². The number of nitro groups is 1. The molecule has 10 nitrogen and oxygen atoms in total. The number of fused-ring (bicyclic) bond motifs is 1. The molecule has 0 aliphatic carbocycles. The Morgan fingerprint density at radius 1 is 1.23 bits per heavy atom. The van der Waals surface area contributed by atoms with E-state index in [0.29, 0.717) is 23.5 Å². The molecule has 0 radical (unpaired) electrons. The predicted molar refractivity (Wildman–Crippen MR) is 97.1 cm³/mol. The van der Waals surface area contributed by atoms with Crippen LogP contribution in [0.3, 0.4) is 0 Å². The lowest BCUT2D eigenvalue weighted by Crippen LogP contribution is -2.32. The fraction of sp³-hybridized carbons (Fsp3) is 0.278. The second-order valence-electron chi connectivity index (χ2n) is 6.52. The van der Waals surface area contributed by atoms with Gasteiger partial charge in [-0.1, -0.05) is 0 Å². The van der Waals surface area contributed by atoms with E-state index in [2.05, 4.69) is 19.7 Å². The molecule has 0 unspecified atom stereocenters. The highest BCUT2D eigenvalue weighted by Crippen LogP contribution is 2.25. The Bertz CT molecular complexity index is 1070. The van der Waals surface area contributed by atoms with Crippen LogP contribution in [-0.4, -0.2) is 43.5 Å². The van der Waals surface area contributed by atoms with Gasteiger partial charge in [0.25, 0.3) is 0 Å². The van der Waals surface area contributed by atoms with E-state index in [4.69, 9.17) is 9.47 Å². The minimum Gasteiger partial charge on any atom is -0.443 e. The molecule has 1 atom stereocenters. The van der Waals surface area contributed by atoms with Gasteiger partial charge in [-0.15, -0.1) is 13.2 Å². The minimum absolute atomic E-state index is 0.172. The Labute approximate surface area is 172 Å². The summed E-state index contributed by atoms with van der Waals surface area (Å²) in [5.41, 5.74) is 1.19. The van der Waals surface area contributed by atoms with E-state index in [-0.39, 0.29) is 36.9 Å². The Morgan fingerprint density at radius 3 is 2.58 bits per heavy atom. The van der Waals surface area contributed by atoms with Crippen molar-refractivity contribution in [1.29, 1.82) is 0 Å². The van der Waals surface area contributed by atoms with Gasteiger partial charge in [0.1, 0.15) is 24.7 Å². The van der Waals surface area contributed by atoms with Gasteiger partial charge in [0.2, 0.25) is 0 Å². The minimum atomic E-state index is -4.75. The SMILES string of the molecule is O=[N+]([O-])c1cn2c(n1)OC[C@@H](OCc1cnc(-c3ccc(OC(F)(F)F)cc3)nc1)C2. The van der Waals surface area contributed by atoms with Gasteiger partial charge in [0.05, 0.1) is 13.2 Å². The molecule has 13 heteroatoms. The highest BCUT2D eigenvalue weighted by molar-refractivity contribution is 5.55. The Morgan fingerprint density at radius 2 is 1.94 bits per heavy atom. The molecule has 0 amide bonds. The number of hydrogen-bond donors (Lipinski definition) is 0. The molecule has 1 aromatic carbocycles. The van der Waals surface area contributed by atoms with Crippen molar-refractivity contribution in [2.45, 2.75) is 25.6 Å². The maximum Gasteiger partial charge on any atom is 0.573 e. The molecule has 0 bridgehead atoms. The molecule has 1 aliphatic rings. The van der Waals surface area contributed by atoms with E-state index in [9.17, 15) is 23.3 Å². The standard InChI is InChI=1S/C18H14F3N5O5/c19-18(20,21)31-13-3-1-12(2-4-13)16-22-5-11(6-23-16)9-29-14-7-25-8-15(26(27)28)24-17(25)30-10-14/h1-6,8,14H,7,9-10H2/t14-/m0/s1. The summed E-state index contributed by atoms with van der Waals surface area (Å²) in [6.07, 6.45) is -0.730. The number of hydrogen-bond acceptors (Lipinski definition) is 8. The number of nitrogens with zero attached hydrogens (tertiary/aromatic N) is 5. The first-order valence-electron chi connectivity index (χ1n) is 8.90. The zero-order valence-electron chi connectivity index (χ0n) is 15.7. The molecule has 3 heterocycles. The van der Waals surface area contributed by atoms with Crippen molar-refractivity contribution >= 4 is 5.82 Å². The number of aromatic nitrogens is 4. The normalized spacial score (nSPS) is 15.8. The van der Waals surface area contributed by atoms with Gasteiger partial charge >= 0.3 is 18.2 Å². The largest absolute Gasteiger partial charge is 0.573 e. The van der Waals surface area contributed by atoms with Crippen molar-refractivity contribution in [3.8, 4) is 23.1 Å². The van der Waals surface area contributed by atoms with E-state index in [0.717, 1.165) is 0 Å². The molecule has 1 aliphatic heterocycles. The quantitative estimate of drug-likeness (QED) is 0.427. The van der Waals surface area contributed by atoms with Crippen molar-refractivity contribution in [3.63, 3.8) is 0 Å². The third kappa shape index (κ3) is 5.06.